The average Bonchev–Trinajstić information content (AvgIpc) is 2.63. The van der Waals surface area contributed by atoms with E-state index in [4.69, 9.17) is 10.5 Å². The fourth-order valence-electron chi connectivity index (χ4n) is 3.93. The van der Waals surface area contributed by atoms with Crippen LogP contribution in [0.25, 0.3) is 0 Å². The average molecular weight is 408 g/mol. The van der Waals surface area contributed by atoms with Gasteiger partial charge in [0.05, 0.1) is 13.2 Å². The Morgan fingerprint density at radius 3 is 2.28 bits per heavy atom. The van der Waals surface area contributed by atoms with Gasteiger partial charge in [-0.05, 0) is 61.5 Å². The highest BCUT2D eigenvalue weighted by Gasteiger charge is 2.25. The predicted molar refractivity (Wildman–Crippen MR) is 122 cm³/mol. The van der Waals surface area contributed by atoms with Gasteiger partial charge in [-0.2, -0.15) is 0 Å². The second-order valence-electron chi connectivity index (χ2n) is 9.83. The standard InChI is InChI=1S/C25H45NO3/c1-19(2)8-6-9-21(5)10-7-15-29-23-12-11-22(24(28)16-23)13-14-25(26,18-27)17-20(3)4/h11-12,16,19-21,27-28H,6-10,13-15,17-18,26H2,1-5H3/t21?,25-/m0/s1. The fourth-order valence-corrected chi connectivity index (χ4v) is 3.93. The van der Waals surface area contributed by atoms with Crippen LogP contribution in [0.4, 0.5) is 0 Å². The lowest BCUT2D eigenvalue weighted by atomic mass is 9.85. The Hall–Kier alpha value is -1.26. The molecule has 1 unspecified atom stereocenters. The predicted octanol–water partition coefficient (Wildman–Crippen LogP) is 5.68. The molecule has 0 aliphatic carbocycles. The number of nitrogens with two attached hydrogens (primary N) is 1. The van der Waals surface area contributed by atoms with E-state index in [1.165, 1.54) is 25.7 Å². The summed E-state index contributed by atoms with van der Waals surface area (Å²) in [4.78, 5) is 0. The van der Waals surface area contributed by atoms with Gasteiger partial charge in [0.25, 0.3) is 0 Å². The largest absolute Gasteiger partial charge is 0.508 e. The molecule has 0 aliphatic heterocycles. The van der Waals surface area contributed by atoms with E-state index in [0.717, 1.165) is 30.2 Å². The van der Waals surface area contributed by atoms with Crippen LogP contribution in [0.15, 0.2) is 18.2 Å². The molecule has 0 saturated carbocycles. The lowest BCUT2D eigenvalue weighted by Crippen LogP contribution is -2.45. The number of aliphatic hydroxyl groups is 1. The van der Waals surface area contributed by atoms with E-state index in [-0.39, 0.29) is 12.4 Å². The van der Waals surface area contributed by atoms with Gasteiger partial charge in [-0.1, -0.05) is 59.9 Å². The third-order valence-corrected chi connectivity index (χ3v) is 5.67. The lowest BCUT2D eigenvalue weighted by Gasteiger charge is -2.29. The zero-order valence-electron chi connectivity index (χ0n) is 19.4. The molecule has 1 rings (SSSR count). The molecule has 1 aromatic rings. The summed E-state index contributed by atoms with van der Waals surface area (Å²) < 4.78 is 5.83. The molecule has 4 heteroatoms. The van der Waals surface area contributed by atoms with Crippen molar-refractivity contribution in [2.45, 2.75) is 91.5 Å². The van der Waals surface area contributed by atoms with Crippen molar-refractivity contribution in [3.63, 3.8) is 0 Å². The minimum atomic E-state index is -0.596. The number of hydrogen-bond acceptors (Lipinski definition) is 4. The molecule has 0 radical (unpaired) electrons. The normalized spacial score (nSPS) is 14.9. The molecule has 0 amide bonds. The van der Waals surface area contributed by atoms with Crippen molar-refractivity contribution < 1.29 is 14.9 Å². The van der Waals surface area contributed by atoms with Crippen LogP contribution in [0.2, 0.25) is 0 Å². The Morgan fingerprint density at radius 2 is 1.69 bits per heavy atom. The molecular weight excluding hydrogens is 362 g/mol. The molecule has 0 fully saturated rings. The maximum Gasteiger partial charge on any atom is 0.122 e. The molecule has 168 valence electrons. The summed E-state index contributed by atoms with van der Waals surface area (Å²) >= 11 is 0. The van der Waals surface area contributed by atoms with Crippen molar-refractivity contribution in [1.82, 2.24) is 0 Å². The smallest absolute Gasteiger partial charge is 0.122 e. The number of benzene rings is 1. The van der Waals surface area contributed by atoms with Crippen LogP contribution in [0.1, 0.15) is 85.1 Å². The maximum absolute atomic E-state index is 10.3. The first-order chi connectivity index (χ1) is 13.6. The summed E-state index contributed by atoms with van der Waals surface area (Å²) in [5.74, 6) is 2.91. The van der Waals surface area contributed by atoms with Crippen LogP contribution in [-0.4, -0.2) is 29.0 Å². The summed E-state index contributed by atoms with van der Waals surface area (Å²) in [6, 6.07) is 5.52. The maximum atomic E-state index is 10.3. The van der Waals surface area contributed by atoms with Gasteiger partial charge in [-0.15, -0.1) is 0 Å². The van der Waals surface area contributed by atoms with Gasteiger partial charge < -0.3 is 20.7 Å². The third kappa shape index (κ3) is 10.9. The number of rotatable bonds is 15. The van der Waals surface area contributed by atoms with Crippen molar-refractivity contribution in [2.24, 2.45) is 23.5 Å². The number of ether oxygens (including phenoxy) is 1. The lowest BCUT2D eigenvalue weighted by molar-refractivity contribution is 0.165. The molecule has 0 aromatic heterocycles. The quantitative estimate of drug-likeness (QED) is 0.327. The Morgan fingerprint density at radius 1 is 1.00 bits per heavy atom. The Bertz CT molecular complexity index is 573. The van der Waals surface area contributed by atoms with Gasteiger partial charge >= 0.3 is 0 Å². The Labute approximate surface area is 178 Å². The van der Waals surface area contributed by atoms with E-state index in [1.54, 1.807) is 6.07 Å². The highest BCUT2D eigenvalue weighted by atomic mass is 16.5. The van der Waals surface area contributed by atoms with Crippen LogP contribution in [0.3, 0.4) is 0 Å². The highest BCUT2D eigenvalue weighted by molar-refractivity contribution is 5.39. The van der Waals surface area contributed by atoms with Crippen LogP contribution in [-0.2, 0) is 6.42 Å². The summed E-state index contributed by atoms with van der Waals surface area (Å²) in [5, 5.41) is 20.0. The minimum absolute atomic E-state index is 0.0387. The van der Waals surface area contributed by atoms with Crippen LogP contribution >= 0.6 is 0 Å². The Balaban J connectivity index is 2.39. The van der Waals surface area contributed by atoms with Gasteiger partial charge in [-0.3, -0.25) is 0 Å². The number of phenolic OH excluding ortho intramolecular Hbond substituents is 1. The minimum Gasteiger partial charge on any atom is -0.508 e. The fraction of sp³-hybridized carbons (Fsp3) is 0.760. The Kier molecular flexibility index (Phi) is 11.7. The summed E-state index contributed by atoms with van der Waals surface area (Å²) in [7, 11) is 0. The molecule has 4 N–H and O–H groups in total. The topological polar surface area (TPSA) is 75.7 Å². The number of hydrogen-bond donors (Lipinski definition) is 3. The SMILES string of the molecule is CC(C)CCCC(C)CCCOc1ccc(CC[C@@](N)(CO)CC(C)C)c(O)c1. The van der Waals surface area contributed by atoms with E-state index >= 15 is 0 Å². The van der Waals surface area contributed by atoms with E-state index in [1.807, 2.05) is 12.1 Å². The molecule has 1 aromatic carbocycles. The number of aliphatic hydroxyl groups excluding tert-OH is 1. The first-order valence-corrected chi connectivity index (χ1v) is 11.5. The van der Waals surface area contributed by atoms with Crippen molar-refractivity contribution in [2.75, 3.05) is 13.2 Å². The third-order valence-electron chi connectivity index (χ3n) is 5.67. The van der Waals surface area contributed by atoms with Crippen LogP contribution in [0.5, 0.6) is 11.5 Å². The number of aromatic hydroxyl groups is 1. The monoisotopic (exact) mass is 407 g/mol. The molecule has 0 saturated heterocycles. The molecule has 0 bridgehead atoms. The van der Waals surface area contributed by atoms with Gasteiger partial charge in [0, 0.05) is 11.6 Å². The van der Waals surface area contributed by atoms with E-state index in [2.05, 4.69) is 34.6 Å². The van der Waals surface area contributed by atoms with Crippen molar-refractivity contribution in [1.29, 1.82) is 0 Å². The number of aryl methyl sites for hydroxylation is 1. The van der Waals surface area contributed by atoms with Gasteiger partial charge in [0.1, 0.15) is 11.5 Å². The van der Waals surface area contributed by atoms with Crippen molar-refractivity contribution in [3.8, 4) is 11.5 Å². The molecular formula is C25H45NO3. The molecule has 2 atom stereocenters. The van der Waals surface area contributed by atoms with Crippen LogP contribution in [0, 0.1) is 17.8 Å². The molecule has 0 aliphatic rings. The summed E-state index contributed by atoms with van der Waals surface area (Å²) in [5.41, 5.74) is 6.57. The summed E-state index contributed by atoms with van der Waals surface area (Å²) in [6.45, 7) is 11.7. The second-order valence-corrected chi connectivity index (χ2v) is 9.83. The van der Waals surface area contributed by atoms with Crippen molar-refractivity contribution in [3.05, 3.63) is 23.8 Å². The van der Waals surface area contributed by atoms with Crippen LogP contribution < -0.4 is 10.5 Å². The van der Waals surface area contributed by atoms with Crippen molar-refractivity contribution >= 4 is 0 Å². The summed E-state index contributed by atoms with van der Waals surface area (Å²) in [6.07, 6.45) is 8.18. The van der Waals surface area contributed by atoms with E-state index in [0.29, 0.717) is 31.1 Å². The van der Waals surface area contributed by atoms with E-state index < -0.39 is 5.54 Å². The zero-order valence-corrected chi connectivity index (χ0v) is 19.4. The first-order valence-electron chi connectivity index (χ1n) is 11.5. The van der Waals surface area contributed by atoms with Gasteiger partial charge in [0.2, 0.25) is 0 Å². The molecule has 4 nitrogen and oxygen atoms in total. The van der Waals surface area contributed by atoms with Gasteiger partial charge in [-0.25, -0.2) is 0 Å². The molecule has 0 heterocycles. The molecule has 0 spiro atoms. The second kappa shape index (κ2) is 13.1. The highest BCUT2D eigenvalue weighted by Crippen LogP contribution is 2.28. The molecule has 29 heavy (non-hydrogen) atoms. The first kappa shape index (κ1) is 25.8. The van der Waals surface area contributed by atoms with E-state index in [9.17, 15) is 10.2 Å². The zero-order chi connectivity index (χ0) is 21.9. The number of phenols is 1. The van der Waals surface area contributed by atoms with Gasteiger partial charge in [0.15, 0.2) is 0 Å².